The third kappa shape index (κ3) is 5.79. The number of nitrogens with one attached hydrogen (secondary N) is 1. The van der Waals surface area contributed by atoms with Gasteiger partial charge in [-0.25, -0.2) is 9.97 Å². The van der Waals surface area contributed by atoms with E-state index in [4.69, 9.17) is 4.74 Å². The number of amides is 1. The van der Waals surface area contributed by atoms with Crippen LogP contribution in [-0.4, -0.2) is 29.0 Å². The summed E-state index contributed by atoms with van der Waals surface area (Å²) >= 11 is 0. The normalized spacial score (nSPS) is 16.3. The molecule has 4 rings (SSSR count). The molecule has 0 radical (unpaired) electrons. The van der Waals surface area contributed by atoms with E-state index in [1.54, 1.807) is 12.4 Å². The summed E-state index contributed by atoms with van der Waals surface area (Å²) < 4.78 is 44.0. The number of hydrogen-bond acceptors (Lipinski definition) is 5. The molecule has 3 aromatic rings. The van der Waals surface area contributed by atoms with Crippen molar-refractivity contribution in [2.24, 2.45) is 5.92 Å². The van der Waals surface area contributed by atoms with Crippen LogP contribution in [0, 0.1) is 5.92 Å². The maximum atomic E-state index is 12.8. The van der Waals surface area contributed by atoms with Gasteiger partial charge in [0, 0.05) is 32.0 Å². The molecule has 0 spiro atoms. The van der Waals surface area contributed by atoms with E-state index in [1.807, 2.05) is 35.2 Å². The molecule has 2 aromatic carbocycles. The monoisotopic (exact) mass is 456 g/mol. The highest BCUT2D eigenvalue weighted by Crippen LogP contribution is 2.31. The lowest BCUT2D eigenvalue weighted by Gasteiger charge is -2.33. The highest BCUT2D eigenvalue weighted by atomic mass is 19.4. The van der Waals surface area contributed by atoms with E-state index in [-0.39, 0.29) is 18.4 Å². The number of anilines is 1. The molecule has 6 nitrogen and oxygen atoms in total. The zero-order valence-electron chi connectivity index (χ0n) is 17.8. The van der Waals surface area contributed by atoms with Crippen LogP contribution in [0.2, 0.25) is 0 Å². The molecule has 0 unspecified atom stereocenters. The second-order valence-corrected chi connectivity index (χ2v) is 7.80. The van der Waals surface area contributed by atoms with Crippen LogP contribution in [0.15, 0.2) is 67.0 Å². The van der Waals surface area contributed by atoms with Gasteiger partial charge in [-0.3, -0.25) is 4.79 Å². The predicted octanol–water partition coefficient (Wildman–Crippen LogP) is 4.82. The maximum absolute atomic E-state index is 12.8. The molecule has 1 atom stereocenters. The van der Waals surface area contributed by atoms with Gasteiger partial charge in [0.15, 0.2) is 5.82 Å². The van der Waals surface area contributed by atoms with Gasteiger partial charge in [-0.15, -0.1) is 0 Å². The number of para-hydroxylation sites is 1. The van der Waals surface area contributed by atoms with Crippen molar-refractivity contribution in [3.8, 4) is 11.6 Å². The lowest BCUT2D eigenvalue weighted by Crippen LogP contribution is -2.43. The Kier molecular flexibility index (Phi) is 6.76. The smallest absolute Gasteiger partial charge is 0.416 e. The van der Waals surface area contributed by atoms with Crippen LogP contribution in [-0.2, 0) is 17.5 Å². The van der Waals surface area contributed by atoms with Crippen molar-refractivity contribution in [1.82, 2.24) is 15.3 Å². The summed E-state index contributed by atoms with van der Waals surface area (Å²) in [4.78, 5) is 23.5. The lowest BCUT2D eigenvalue weighted by molar-refractivity contribution is -0.137. The topological polar surface area (TPSA) is 67.4 Å². The van der Waals surface area contributed by atoms with Gasteiger partial charge in [0.25, 0.3) is 5.88 Å². The summed E-state index contributed by atoms with van der Waals surface area (Å²) in [5.74, 6) is 1.16. The zero-order chi connectivity index (χ0) is 23.3. The quantitative estimate of drug-likeness (QED) is 0.576. The number of alkyl halides is 3. The highest BCUT2D eigenvalue weighted by Gasteiger charge is 2.30. The molecule has 33 heavy (non-hydrogen) atoms. The fourth-order valence-electron chi connectivity index (χ4n) is 3.74. The summed E-state index contributed by atoms with van der Waals surface area (Å²) in [6.45, 7) is 1.33. The van der Waals surface area contributed by atoms with Crippen molar-refractivity contribution in [1.29, 1.82) is 0 Å². The molecule has 2 heterocycles. The summed E-state index contributed by atoms with van der Waals surface area (Å²) in [7, 11) is 0. The molecule has 9 heteroatoms. The third-order valence-electron chi connectivity index (χ3n) is 5.44. The Morgan fingerprint density at radius 1 is 1.06 bits per heavy atom. The van der Waals surface area contributed by atoms with E-state index in [0.29, 0.717) is 42.5 Å². The van der Waals surface area contributed by atoms with Crippen molar-refractivity contribution < 1.29 is 22.7 Å². The van der Waals surface area contributed by atoms with Gasteiger partial charge in [0.05, 0.1) is 11.5 Å². The maximum Gasteiger partial charge on any atom is 0.416 e. The van der Waals surface area contributed by atoms with Crippen molar-refractivity contribution >= 4 is 11.7 Å². The average molecular weight is 456 g/mol. The molecular weight excluding hydrogens is 433 g/mol. The van der Waals surface area contributed by atoms with Crippen LogP contribution in [0.1, 0.15) is 24.0 Å². The number of aromatic nitrogens is 2. The fraction of sp³-hybridized carbons (Fsp3) is 0.292. The van der Waals surface area contributed by atoms with E-state index >= 15 is 0 Å². The Hall–Kier alpha value is -3.62. The highest BCUT2D eigenvalue weighted by molar-refractivity contribution is 5.79. The zero-order valence-corrected chi connectivity index (χ0v) is 17.8. The van der Waals surface area contributed by atoms with Crippen molar-refractivity contribution in [3.05, 3.63) is 78.1 Å². The van der Waals surface area contributed by atoms with Crippen LogP contribution in [0.5, 0.6) is 11.6 Å². The lowest BCUT2D eigenvalue weighted by atomic mass is 9.97. The van der Waals surface area contributed by atoms with Gasteiger partial charge in [0.1, 0.15) is 5.75 Å². The molecule has 1 amide bonds. The molecule has 0 saturated carbocycles. The van der Waals surface area contributed by atoms with Gasteiger partial charge in [-0.1, -0.05) is 30.3 Å². The fourth-order valence-corrected chi connectivity index (χ4v) is 3.74. The molecule has 1 aromatic heterocycles. The number of benzene rings is 2. The van der Waals surface area contributed by atoms with E-state index in [0.717, 1.165) is 18.6 Å². The second-order valence-electron chi connectivity index (χ2n) is 7.80. The molecule has 1 aliphatic rings. The Morgan fingerprint density at radius 2 is 1.79 bits per heavy atom. The predicted molar refractivity (Wildman–Crippen MR) is 117 cm³/mol. The van der Waals surface area contributed by atoms with Crippen LogP contribution in [0.25, 0.3) is 0 Å². The summed E-state index contributed by atoms with van der Waals surface area (Å²) in [5, 5.41) is 2.84. The second kappa shape index (κ2) is 9.89. The van der Waals surface area contributed by atoms with E-state index in [2.05, 4.69) is 15.3 Å². The Morgan fingerprint density at radius 3 is 2.52 bits per heavy atom. The number of carbonyl (C=O) groups is 1. The SMILES string of the molecule is O=C(NCc1ccc(C(F)(F)F)cc1)[C@H]1CCCN(c2nccnc2Oc2ccccc2)C1. The minimum Gasteiger partial charge on any atom is -0.436 e. The number of ether oxygens (including phenoxy) is 1. The van der Waals surface area contributed by atoms with Gasteiger partial charge in [0.2, 0.25) is 5.91 Å². The Labute approximate surface area is 189 Å². The van der Waals surface area contributed by atoms with Crippen molar-refractivity contribution in [2.45, 2.75) is 25.6 Å². The van der Waals surface area contributed by atoms with Gasteiger partial charge in [-0.2, -0.15) is 13.2 Å². The first-order chi connectivity index (χ1) is 15.9. The molecule has 172 valence electrons. The van der Waals surface area contributed by atoms with Crippen molar-refractivity contribution in [2.75, 3.05) is 18.0 Å². The van der Waals surface area contributed by atoms with Crippen molar-refractivity contribution in [3.63, 3.8) is 0 Å². The molecule has 0 bridgehead atoms. The number of halogens is 3. The molecule has 1 N–H and O–H groups in total. The first-order valence-electron chi connectivity index (χ1n) is 10.6. The van der Waals surface area contributed by atoms with E-state index < -0.39 is 11.7 Å². The molecule has 1 aliphatic heterocycles. The first kappa shape index (κ1) is 22.6. The Balaban J connectivity index is 1.38. The molecule has 0 aliphatic carbocycles. The summed E-state index contributed by atoms with van der Waals surface area (Å²) in [5.41, 5.74) is -0.102. The Bertz CT molecular complexity index is 1080. The summed E-state index contributed by atoms with van der Waals surface area (Å²) in [6, 6.07) is 14.1. The third-order valence-corrected chi connectivity index (χ3v) is 5.44. The molecular formula is C24H23F3N4O2. The minimum atomic E-state index is -4.38. The van der Waals surface area contributed by atoms with Crippen LogP contribution in [0.3, 0.4) is 0 Å². The number of rotatable bonds is 6. The average Bonchev–Trinajstić information content (AvgIpc) is 2.83. The number of piperidine rings is 1. The number of hydrogen-bond donors (Lipinski definition) is 1. The summed E-state index contributed by atoms with van der Waals surface area (Å²) in [6.07, 6.45) is 0.266. The standard InChI is InChI=1S/C24H23F3N4O2/c25-24(26,27)19-10-8-17(9-11-19)15-30-22(32)18-5-4-14-31(16-18)21-23(29-13-12-28-21)33-20-6-2-1-3-7-20/h1-3,6-13,18H,4-5,14-16H2,(H,30,32)/t18-/m0/s1. The van der Waals surface area contributed by atoms with Crippen LogP contribution >= 0.6 is 0 Å². The van der Waals surface area contributed by atoms with Gasteiger partial charge < -0.3 is 15.0 Å². The molecule has 1 saturated heterocycles. The van der Waals surface area contributed by atoms with Gasteiger partial charge >= 0.3 is 6.18 Å². The molecule has 1 fully saturated rings. The van der Waals surface area contributed by atoms with Crippen LogP contribution < -0.4 is 15.0 Å². The number of carbonyl (C=O) groups excluding carboxylic acids is 1. The van der Waals surface area contributed by atoms with Gasteiger partial charge in [-0.05, 0) is 42.7 Å². The van der Waals surface area contributed by atoms with Crippen LogP contribution in [0.4, 0.5) is 19.0 Å². The number of nitrogens with zero attached hydrogens (tertiary/aromatic N) is 3. The largest absolute Gasteiger partial charge is 0.436 e. The van der Waals surface area contributed by atoms with E-state index in [9.17, 15) is 18.0 Å². The first-order valence-corrected chi connectivity index (χ1v) is 10.6. The minimum absolute atomic E-state index is 0.144. The van der Waals surface area contributed by atoms with E-state index in [1.165, 1.54) is 12.1 Å².